The molecule has 1 N–H and O–H groups in total. The van der Waals surface area contributed by atoms with Gasteiger partial charge in [-0.1, -0.05) is 35.0 Å². The van der Waals surface area contributed by atoms with Gasteiger partial charge in [0.2, 0.25) is 27.6 Å². The van der Waals surface area contributed by atoms with Crippen LogP contribution in [-0.2, 0) is 14.8 Å². The molecule has 33 heavy (non-hydrogen) atoms. The second kappa shape index (κ2) is 9.07. The Bertz CT molecular complexity index is 1270. The van der Waals surface area contributed by atoms with Crippen molar-refractivity contribution < 1.29 is 17.7 Å². The summed E-state index contributed by atoms with van der Waals surface area (Å²) in [7, 11) is -3.61. The van der Waals surface area contributed by atoms with E-state index in [9.17, 15) is 13.2 Å². The molecule has 0 unspecified atom stereocenters. The molecule has 0 saturated carbocycles. The quantitative estimate of drug-likeness (QED) is 0.607. The van der Waals surface area contributed by atoms with Gasteiger partial charge in [-0.15, -0.1) is 0 Å². The molecule has 1 aromatic heterocycles. The summed E-state index contributed by atoms with van der Waals surface area (Å²) in [5.41, 5.74) is 3.81. The van der Waals surface area contributed by atoms with Crippen LogP contribution in [0.2, 0.25) is 0 Å². The minimum atomic E-state index is -3.61. The molecule has 1 amide bonds. The number of sulfonamides is 1. The van der Waals surface area contributed by atoms with E-state index in [2.05, 4.69) is 15.5 Å². The van der Waals surface area contributed by atoms with Crippen molar-refractivity contribution >= 4 is 21.6 Å². The lowest BCUT2D eigenvalue weighted by atomic mass is 9.97. The lowest BCUT2D eigenvalue weighted by Gasteiger charge is -2.31. The summed E-state index contributed by atoms with van der Waals surface area (Å²) in [4.78, 5) is 17.6. The Morgan fingerprint density at radius 2 is 1.70 bits per heavy atom. The summed E-state index contributed by atoms with van der Waals surface area (Å²) in [6.07, 6.45) is 0.914. The normalized spacial score (nSPS) is 15.5. The maximum atomic E-state index is 13.3. The summed E-state index contributed by atoms with van der Waals surface area (Å²) >= 11 is 0. The minimum absolute atomic E-state index is 0.137. The number of piperidine rings is 1. The summed E-state index contributed by atoms with van der Waals surface area (Å²) in [5.74, 6) is 0.436. The number of aromatic nitrogens is 2. The van der Waals surface area contributed by atoms with Crippen molar-refractivity contribution in [3.63, 3.8) is 0 Å². The van der Waals surface area contributed by atoms with Crippen LogP contribution in [0.4, 0.5) is 5.69 Å². The van der Waals surface area contributed by atoms with Crippen LogP contribution in [0.15, 0.2) is 45.8 Å². The lowest BCUT2D eigenvalue weighted by molar-refractivity contribution is -0.120. The van der Waals surface area contributed by atoms with Crippen molar-refractivity contribution in [3.05, 3.63) is 59.0 Å². The Hall–Kier alpha value is -3.04. The average Bonchev–Trinajstić information content (AvgIpc) is 3.19. The molecule has 0 radical (unpaired) electrons. The van der Waals surface area contributed by atoms with Gasteiger partial charge in [0.15, 0.2) is 0 Å². The monoisotopic (exact) mass is 468 g/mol. The predicted octanol–water partition coefficient (Wildman–Crippen LogP) is 4.01. The number of rotatable bonds is 5. The first-order valence-electron chi connectivity index (χ1n) is 11.0. The van der Waals surface area contributed by atoms with Gasteiger partial charge >= 0.3 is 0 Å². The van der Waals surface area contributed by atoms with Crippen LogP contribution in [-0.4, -0.2) is 41.9 Å². The number of carbonyl (C=O) groups excluding carboxylic acids is 1. The molecule has 4 rings (SSSR count). The highest BCUT2D eigenvalue weighted by Gasteiger charge is 2.34. The van der Waals surface area contributed by atoms with Gasteiger partial charge in [-0.25, -0.2) is 8.42 Å². The zero-order valence-electron chi connectivity index (χ0n) is 19.3. The molecular weight excluding hydrogens is 440 g/mol. The highest BCUT2D eigenvalue weighted by atomic mass is 32.2. The number of anilines is 1. The molecule has 0 aliphatic carbocycles. The van der Waals surface area contributed by atoms with Gasteiger partial charge in [0, 0.05) is 31.5 Å². The number of aryl methyl sites for hydroxylation is 4. The van der Waals surface area contributed by atoms with Crippen LogP contribution in [0.25, 0.3) is 11.4 Å². The van der Waals surface area contributed by atoms with E-state index < -0.39 is 10.0 Å². The van der Waals surface area contributed by atoms with Crippen molar-refractivity contribution in [3.8, 4) is 11.4 Å². The topological polar surface area (TPSA) is 105 Å². The van der Waals surface area contributed by atoms with Crippen LogP contribution in [0, 0.1) is 33.6 Å². The number of amides is 1. The third-order valence-corrected chi connectivity index (χ3v) is 8.19. The molecule has 0 bridgehead atoms. The SMILES string of the molecule is Cc1cc(C)c(S(=O)(=O)N2CCC(C(=O)Nc3ccccc3-c3noc(C)n3)CC2)c(C)c1. The molecule has 1 fully saturated rings. The van der Waals surface area contributed by atoms with Crippen molar-refractivity contribution in [2.45, 2.75) is 45.4 Å². The summed E-state index contributed by atoms with van der Waals surface area (Å²) in [5, 5.41) is 6.91. The van der Waals surface area contributed by atoms with E-state index in [4.69, 9.17) is 4.52 Å². The Morgan fingerprint density at radius 1 is 1.06 bits per heavy atom. The molecule has 1 saturated heterocycles. The number of carbonyl (C=O) groups is 1. The molecule has 8 nitrogen and oxygen atoms in total. The number of para-hydroxylation sites is 1. The molecule has 2 aromatic carbocycles. The number of hydrogen-bond donors (Lipinski definition) is 1. The first-order valence-corrected chi connectivity index (χ1v) is 12.4. The van der Waals surface area contributed by atoms with Gasteiger partial charge in [0.25, 0.3) is 0 Å². The molecule has 0 atom stereocenters. The van der Waals surface area contributed by atoms with Crippen LogP contribution in [0.5, 0.6) is 0 Å². The van der Waals surface area contributed by atoms with Crippen molar-refractivity contribution in [2.75, 3.05) is 18.4 Å². The van der Waals surface area contributed by atoms with Crippen LogP contribution in [0.3, 0.4) is 0 Å². The first kappa shape index (κ1) is 23.1. The minimum Gasteiger partial charge on any atom is -0.339 e. The zero-order valence-corrected chi connectivity index (χ0v) is 20.1. The Labute approximate surface area is 194 Å². The van der Waals surface area contributed by atoms with E-state index in [0.29, 0.717) is 53.8 Å². The van der Waals surface area contributed by atoms with Gasteiger partial charge in [0.05, 0.1) is 10.6 Å². The third kappa shape index (κ3) is 4.69. The fourth-order valence-corrected chi connectivity index (χ4v) is 6.37. The van der Waals surface area contributed by atoms with E-state index in [1.165, 1.54) is 4.31 Å². The van der Waals surface area contributed by atoms with Gasteiger partial charge in [-0.05, 0) is 56.9 Å². The first-order chi connectivity index (χ1) is 15.7. The maximum Gasteiger partial charge on any atom is 0.243 e. The summed E-state index contributed by atoms with van der Waals surface area (Å²) in [6.45, 7) is 7.93. The van der Waals surface area contributed by atoms with E-state index in [1.54, 1.807) is 13.0 Å². The zero-order chi connectivity index (χ0) is 23.8. The van der Waals surface area contributed by atoms with Gasteiger partial charge in [-0.3, -0.25) is 4.79 Å². The fraction of sp³-hybridized carbons (Fsp3) is 0.375. The molecule has 3 aromatic rings. The van der Waals surface area contributed by atoms with Gasteiger partial charge in [0.1, 0.15) is 0 Å². The van der Waals surface area contributed by atoms with E-state index in [0.717, 1.165) is 16.7 Å². The van der Waals surface area contributed by atoms with Crippen LogP contribution in [0.1, 0.15) is 35.4 Å². The van der Waals surface area contributed by atoms with Crippen molar-refractivity contribution in [2.24, 2.45) is 5.92 Å². The highest BCUT2D eigenvalue weighted by molar-refractivity contribution is 7.89. The molecule has 0 spiro atoms. The Balaban J connectivity index is 1.46. The molecule has 1 aliphatic rings. The number of hydrogen-bond acceptors (Lipinski definition) is 6. The lowest BCUT2D eigenvalue weighted by Crippen LogP contribution is -2.41. The van der Waals surface area contributed by atoms with E-state index >= 15 is 0 Å². The highest BCUT2D eigenvalue weighted by Crippen LogP contribution is 2.30. The number of nitrogens with zero attached hydrogens (tertiary/aromatic N) is 3. The summed E-state index contributed by atoms with van der Waals surface area (Å²) < 4.78 is 33.2. The Morgan fingerprint density at radius 3 is 2.30 bits per heavy atom. The molecular formula is C24H28N4O4S. The van der Waals surface area contributed by atoms with Crippen molar-refractivity contribution in [1.29, 1.82) is 0 Å². The predicted molar refractivity (Wildman–Crippen MR) is 125 cm³/mol. The molecule has 174 valence electrons. The second-order valence-electron chi connectivity index (χ2n) is 8.58. The second-order valence-corrected chi connectivity index (χ2v) is 10.5. The molecule has 2 heterocycles. The standard InChI is InChI=1S/C24H28N4O4S/c1-15-13-16(2)22(17(3)14-15)33(30,31)28-11-9-19(10-12-28)24(29)26-21-8-6-5-7-20(21)23-25-18(4)32-27-23/h5-8,13-14,19H,9-12H2,1-4H3,(H,26,29). The maximum absolute atomic E-state index is 13.3. The van der Waals surface area contributed by atoms with Gasteiger partial charge < -0.3 is 9.84 Å². The van der Waals surface area contributed by atoms with Gasteiger partial charge in [-0.2, -0.15) is 9.29 Å². The summed E-state index contributed by atoms with van der Waals surface area (Å²) in [6, 6.07) is 11.1. The Kier molecular flexibility index (Phi) is 6.36. The molecule has 9 heteroatoms. The average molecular weight is 469 g/mol. The third-order valence-electron chi connectivity index (χ3n) is 5.98. The van der Waals surface area contributed by atoms with Crippen LogP contribution >= 0.6 is 0 Å². The van der Waals surface area contributed by atoms with Crippen molar-refractivity contribution in [1.82, 2.24) is 14.4 Å². The number of nitrogens with one attached hydrogen (secondary N) is 1. The smallest absolute Gasteiger partial charge is 0.243 e. The largest absolute Gasteiger partial charge is 0.339 e. The molecule has 1 aliphatic heterocycles. The van der Waals surface area contributed by atoms with Crippen LogP contribution < -0.4 is 5.32 Å². The number of benzene rings is 2. The van der Waals surface area contributed by atoms with E-state index in [1.807, 2.05) is 51.1 Å². The van der Waals surface area contributed by atoms with E-state index in [-0.39, 0.29) is 11.8 Å². The fourth-order valence-electron chi connectivity index (χ4n) is 4.49.